The predicted octanol–water partition coefficient (Wildman–Crippen LogP) is 3.99. The first-order valence-corrected chi connectivity index (χ1v) is 5.79. The smallest absolute Gasteiger partial charge is 0.309 e. The fourth-order valence-electron chi connectivity index (χ4n) is 1.58. The number of halogens is 5. The van der Waals surface area contributed by atoms with Crippen molar-refractivity contribution in [3.05, 3.63) is 34.1 Å². The molecule has 0 unspecified atom stereocenters. The Labute approximate surface area is 108 Å². The molecule has 0 spiro atoms. The molecule has 0 radical (unpaired) electrons. The fourth-order valence-corrected chi connectivity index (χ4v) is 1.82. The Balaban J connectivity index is 2.93. The number of rotatable bonds is 4. The van der Waals surface area contributed by atoms with Gasteiger partial charge in [0.2, 0.25) is 0 Å². The normalized spacial score (nSPS) is 12.2. The van der Waals surface area contributed by atoms with Crippen molar-refractivity contribution in [2.45, 2.75) is 19.0 Å². The second-order valence-corrected chi connectivity index (χ2v) is 4.74. The van der Waals surface area contributed by atoms with Gasteiger partial charge in [0.1, 0.15) is 5.82 Å². The molecule has 0 atom stereocenters. The lowest BCUT2D eigenvalue weighted by molar-refractivity contribution is -0.137. The van der Waals surface area contributed by atoms with Gasteiger partial charge in [0.05, 0.1) is 10.6 Å². The molecule has 18 heavy (non-hydrogen) atoms. The highest BCUT2D eigenvalue weighted by Gasteiger charge is 2.32. The van der Waals surface area contributed by atoms with Gasteiger partial charge in [-0.3, -0.25) is 0 Å². The van der Waals surface area contributed by atoms with Gasteiger partial charge >= 0.3 is 6.18 Å². The average molecular weight is 284 g/mol. The molecule has 0 fully saturated rings. The zero-order valence-electron chi connectivity index (χ0n) is 10.1. The summed E-state index contributed by atoms with van der Waals surface area (Å²) in [5, 5.41) is -0.482. The van der Waals surface area contributed by atoms with Gasteiger partial charge in [-0.2, -0.15) is 13.2 Å². The number of aryl methyl sites for hydroxylation is 1. The van der Waals surface area contributed by atoms with Gasteiger partial charge in [0.25, 0.3) is 0 Å². The zero-order valence-corrected chi connectivity index (χ0v) is 10.9. The zero-order chi connectivity index (χ0) is 13.9. The van der Waals surface area contributed by atoms with Crippen molar-refractivity contribution < 1.29 is 17.6 Å². The fraction of sp³-hybridized carbons (Fsp3) is 0.500. The van der Waals surface area contributed by atoms with Crippen LogP contribution in [-0.2, 0) is 12.6 Å². The van der Waals surface area contributed by atoms with E-state index in [0.717, 1.165) is 6.07 Å². The molecular weight excluding hydrogens is 270 g/mol. The Hall–Kier alpha value is -0.810. The second kappa shape index (κ2) is 5.89. The SMILES string of the molecule is CN(C)CCCc1cc(C(F)(F)F)cc(Cl)c1F. The Kier molecular flexibility index (Phi) is 4.99. The number of alkyl halides is 3. The maximum absolute atomic E-state index is 13.6. The van der Waals surface area contributed by atoms with Crippen LogP contribution in [0.15, 0.2) is 12.1 Å². The monoisotopic (exact) mass is 283 g/mol. The first kappa shape index (κ1) is 15.2. The molecule has 1 aromatic carbocycles. The van der Waals surface area contributed by atoms with Crippen molar-refractivity contribution in [1.29, 1.82) is 0 Å². The van der Waals surface area contributed by atoms with Crippen LogP contribution < -0.4 is 0 Å². The highest BCUT2D eigenvalue weighted by molar-refractivity contribution is 6.30. The van der Waals surface area contributed by atoms with E-state index in [9.17, 15) is 17.6 Å². The van der Waals surface area contributed by atoms with Gasteiger partial charge in [-0.15, -0.1) is 0 Å². The van der Waals surface area contributed by atoms with Gasteiger partial charge in [-0.25, -0.2) is 4.39 Å². The molecule has 1 aromatic rings. The molecule has 102 valence electrons. The number of hydrogen-bond acceptors (Lipinski definition) is 1. The lowest BCUT2D eigenvalue weighted by atomic mass is 10.0. The van der Waals surface area contributed by atoms with Crippen molar-refractivity contribution in [2.75, 3.05) is 20.6 Å². The highest BCUT2D eigenvalue weighted by Crippen LogP contribution is 2.33. The van der Waals surface area contributed by atoms with E-state index in [2.05, 4.69) is 0 Å². The largest absolute Gasteiger partial charge is 0.416 e. The second-order valence-electron chi connectivity index (χ2n) is 4.34. The molecule has 0 amide bonds. The van der Waals surface area contributed by atoms with Crippen LogP contribution in [0.2, 0.25) is 5.02 Å². The predicted molar refractivity (Wildman–Crippen MR) is 63.3 cm³/mol. The summed E-state index contributed by atoms with van der Waals surface area (Å²) in [5.41, 5.74) is -0.898. The van der Waals surface area contributed by atoms with Crippen molar-refractivity contribution in [3.8, 4) is 0 Å². The molecule has 0 bridgehead atoms. The summed E-state index contributed by atoms with van der Waals surface area (Å²) in [7, 11) is 3.69. The Morgan fingerprint density at radius 2 is 1.83 bits per heavy atom. The van der Waals surface area contributed by atoms with E-state index in [4.69, 9.17) is 11.6 Å². The van der Waals surface area contributed by atoms with Crippen LogP contribution in [0.4, 0.5) is 17.6 Å². The van der Waals surface area contributed by atoms with Gasteiger partial charge in [-0.1, -0.05) is 11.6 Å². The standard InChI is InChI=1S/C12H14ClF4N/c1-18(2)5-3-4-8-6-9(12(15,16)17)7-10(13)11(8)14/h6-7H,3-5H2,1-2H3. The molecule has 0 saturated carbocycles. The van der Waals surface area contributed by atoms with Crippen molar-refractivity contribution in [2.24, 2.45) is 0 Å². The minimum absolute atomic E-state index is 0.0108. The molecule has 0 heterocycles. The quantitative estimate of drug-likeness (QED) is 0.755. The number of nitrogens with zero attached hydrogens (tertiary/aromatic N) is 1. The van der Waals surface area contributed by atoms with Crippen LogP contribution in [-0.4, -0.2) is 25.5 Å². The van der Waals surface area contributed by atoms with Crippen LogP contribution in [0, 0.1) is 5.82 Å². The van der Waals surface area contributed by atoms with E-state index < -0.39 is 22.6 Å². The summed E-state index contributed by atoms with van der Waals surface area (Å²) >= 11 is 5.48. The molecule has 6 heteroatoms. The third kappa shape index (κ3) is 4.14. The highest BCUT2D eigenvalue weighted by atomic mass is 35.5. The number of hydrogen-bond donors (Lipinski definition) is 0. The van der Waals surface area contributed by atoms with Crippen LogP contribution in [0.1, 0.15) is 17.5 Å². The maximum atomic E-state index is 13.6. The summed E-state index contributed by atoms with van der Waals surface area (Å²) in [5.74, 6) is -0.761. The summed E-state index contributed by atoms with van der Waals surface area (Å²) in [4.78, 5) is 1.88. The minimum atomic E-state index is -4.51. The Morgan fingerprint density at radius 3 is 2.33 bits per heavy atom. The lowest BCUT2D eigenvalue weighted by Crippen LogP contribution is -2.14. The Morgan fingerprint density at radius 1 is 1.22 bits per heavy atom. The van der Waals surface area contributed by atoms with Gasteiger partial charge in [-0.05, 0) is 51.2 Å². The first-order chi connectivity index (χ1) is 8.21. The van der Waals surface area contributed by atoms with Gasteiger partial charge in [0.15, 0.2) is 0 Å². The van der Waals surface area contributed by atoms with E-state index >= 15 is 0 Å². The molecule has 1 nitrogen and oxygen atoms in total. The van der Waals surface area contributed by atoms with Crippen LogP contribution in [0.3, 0.4) is 0 Å². The topological polar surface area (TPSA) is 3.24 Å². The first-order valence-electron chi connectivity index (χ1n) is 5.41. The molecule has 0 aliphatic rings. The third-order valence-electron chi connectivity index (χ3n) is 2.48. The molecule has 0 saturated heterocycles. The van der Waals surface area contributed by atoms with Crippen molar-refractivity contribution in [1.82, 2.24) is 4.90 Å². The van der Waals surface area contributed by atoms with Crippen molar-refractivity contribution >= 4 is 11.6 Å². The summed E-state index contributed by atoms with van der Waals surface area (Å²) in [6.45, 7) is 0.674. The summed E-state index contributed by atoms with van der Waals surface area (Å²) in [6, 6.07) is 1.45. The van der Waals surface area contributed by atoms with Crippen molar-refractivity contribution in [3.63, 3.8) is 0 Å². The van der Waals surface area contributed by atoms with Gasteiger partial charge in [0, 0.05) is 0 Å². The molecule has 1 rings (SSSR count). The maximum Gasteiger partial charge on any atom is 0.416 e. The van der Waals surface area contributed by atoms with Crippen LogP contribution >= 0.6 is 11.6 Å². The molecule has 0 aliphatic heterocycles. The lowest BCUT2D eigenvalue weighted by Gasteiger charge is -2.13. The number of benzene rings is 1. The van der Waals surface area contributed by atoms with Gasteiger partial charge < -0.3 is 4.90 Å². The van der Waals surface area contributed by atoms with E-state index in [-0.39, 0.29) is 12.0 Å². The average Bonchev–Trinajstić information content (AvgIpc) is 2.22. The molecule has 0 aliphatic carbocycles. The van der Waals surface area contributed by atoms with E-state index in [0.29, 0.717) is 19.0 Å². The Bertz CT molecular complexity index is 415. The third-order valence-corrected chi connectivity index (χ3v) is 2.76. The van der Waals surface area contributed by atoms with Crippen LogP contribution in [0.5, 0.6) is 0 Å². The minimum Gasteiger partial charge on any atom is -0.309 e. The van der Waals surface area contributed by atoms with E-state index in [1.54, 1.807) is 0 Å². The molecule has 0 N–H and O–H groups in total. The molecular formula is C12H14ClF4N. The van der Waals surface area contributed by atoms with E-state index in [1.807, 2.05) is 19.0 Å². The van der Waals surface area contributed by atoms with Crippen LogP contribution in [0.25, 0.3) is 0 Å². The molecule has 0 aromatic heterocycles. The summed E-state index contributed by atoms with van der Waals surface area (Å²) < 4.78 is 51.2. The van der Waals surface area contributed by atoms with E-state index in [1.165, 1.54) is 0 Å². The summed E-state index contributed by atoms with van der Waals surface area (Å²) in [6.07, 6.45) is -3.71.